The fraction of sp³-hybridized carbons (Fsp3) is 0.412. The minimum Gasteiger partial charge on any atom is -0.469 e. The molecule has 5 atom stereocenters. The Morgan fingerprint density at radius 2 is 1.91 bits per heavy atom. The highest BCUT2D eigenvalue weighted by Gasteiger charge is 2.61. The van der Waals surface area contributed by atoms with Gasteiger partial charge in [0.05, 0.1) is 6.61 Å². The number of ether oxygens (including phenoxy) is 1. The van der Waals surface area contributed by atoms with Crippen molar-refractivity contribution in [3.8, 4) is 17.3 Å². The van der Waals surface area contributed by atoms with Gasteiger partial charge in [-0.2, -0.15) is 0 Å². The minimum atomic E-state index is -1.28. The largest absolute Gasteiger partial charge is 0.469 e. The summed E-state index contributed by atoms with van der Waals surface area (Å²) in [5, 5.41) is 29.7. The number of nitrogens with zero attached hydrogens (tertiary/aromatic N) is 2. The van der Waals surface area contributed by atoms with Crippen molar-refractivity contribution in [3.05, 3.63) is 82.8 Å². The van der Waals surface area contributed by atoms with Gasteiger partial charge >= 0.3 is 0 Å². The van der Waals surface area contributed by atoms with E-state index < -0.39 is 47.1 Å². The monoisotopic (exact) mass is 627 g/mol. The summed E-state index contributed by atoms with van der Waals surface area (Å²) in [6.07, 6.45) is -0.380. The molecule has 5 heterocycles. The number of anilines is 1. The van der Waals surface area contributed by atoms with Crippen molar-refractivity contribution in [1.29, 1.82) is 0 Å². The predicted molar refractivity (Wildman–Crippen MR) is 166 cm³/mol. The molecular weight excluding hydrogens is 590 g/mol. The second-order valence-corrected chi connectivity index (χ2v) is 13.6. The summed E-state index contributed by atoms with van der Waals surface area (Å²) in [7, 11) is 0. The summed E-state index contributed by atoms with van der Waals surface area (Å²) in [6.45, 7) is 9.00. The van der Waals surface area contributed by atoms with Crippen molar-refractivity contribution < 1.29 is 33.4 Å². The molecule has 240 valence electrons. The molecule has 5 N–H and O–H groups in total. The number of hydrogen-bond donors (Lipinski definition) is 5. The van der Waals surface area contributed by atoms with E-state index in [4.69, 9.17) is 18.6 Å². The number of fused-ring (bicyclic) bond motifs is 4. The first kappa shape index (κ1) is 30.0. The maximum absolute atomic E-state index is 14.0. The van der Waals surface area contributed by atoms with Gasteiger partial charge in [-0.05, 0) is 34.6 Å². The van der Waals surface area contributed by atoms with Gasteiger partial charge in [0.25, 0.3) is 0 Å². The SMILES string of the molecule is CC(C)C(O)C(=O)NC1Cc2ccc3c(c2)C2(c4ccccc4NC2O3)c2oc(nc2-c2nc(CO)co2)C(C(C)(C)C)NC1=O. The molecule has 5 unspecified atom stereocenters. The highest BCUT2D eigenvalue weighted by molar-refractivity contribution is 5.90. The first-order chi connectivity index (χ1) is 21.9. The number of para-hydroxylation sites is 1. The summed E-state index contributed by atoms with van der Waals surface area (Å²) in [5.41, 5.74) is 2.29. The smallest absolute Gasteiger partial charge is 0.249 e. The molecule has 12 heteroatoms. The molecule has 12 nitrogen and oxygen atoms in total. The van der Waals surface area contributed by atoms with Gasteiger partial charge in [-0.25, -0.2) is 9.97 Å². The fourth-order valence-electron chi connectivity index (χ4n) is 6.61. The lowest BCUT2D eigenvalue weighted by molar-refractivity contribution is -0.136. The maximum atomic E-state index is 14.0. The van der Waals surface area contributed by atoms with Crippen LogP contribution in [0.25, 0.3) is 11.6 Å². The van der Waals surface area contributed by atoms with Gasteiger partial charge < -0.3 is 39.7 Å². The van der Waals surface area contributed by atoms with E-state index in [1.165, 1.54) is 6.26 Å². The van der Waals surface area contributed by atoms with Crippen molar-refractivity contribution in [1.82, 2.24) is 20.6 Å². The molecule has 46 heavy (non-hydrogen) atoms. The van der Waals surface area contributed by atoms with Crippen LogP contribution in [0, 0.1) is 11.3 Å². The highest BCUT2D eigenvalue weighted by Crippen LogP contribution is 2.59. The summed E-state index contributed by atoms with van der Waals surface area (Å²) in [5.74, 6) is -0.0293. The van der Waals surface area contributed by atoms with Crippen LogP contribution >= 0.6 is 0 Å². The van der Waals surface area contributed by atoms with Gasteiger partial charge in [0.15, 0.2) is 17.7 Å². The van der Waals surface area contributed by atoms with E-state index in [2.05, 4.69) is 20.9 Å². The Balaban J connectivity index is 1.49. The third-order valence-corrected chi connectivity index (χ3v) is 9.04. The minimum absolute atomic E-state index is 0.151. The van der Waals surface area contributed by atoms with E-state index in [1.807, 2.05) is 63.2 Å². The Hall–Kier alpha value is -4.68. The van der Waals surface area contributed by atoms with Crippen LogP contribution in [0.15, 0.2) is 57.6 Å². The van der Waals surface area contributed by atoms with Crippen molar-refractivity contribution in [2.45, 2.75) is 77.5 Å². The van der Waals surface area contributed by atoms with Gasteiger partial charge in [0, 0.05) is 17.7 Å². The third-order valence-electron chi connectivity index (χ3n) is 9.04. The molecule has 2 aromatic heterocycles. The molecule has 1 spiro atoms. The number of aliphatic hydroxyl groups excluding tert-OH is 2. The number of aliphatic hydroxyl groups is 2. The zero-order valence-electron chi connectivity index (χ0n) is 26.2. The van der Waals surface area contributed by atoms with E-state index >= 15 is 0 Å². The molecule has 2 amide bonds. The van der Waals surface area contributed by atoms with Crippen LogP contribution in [0.5, 0.6) is 5.75 Å². The maximum Gasteiger partial charge on any atom is 0.249 e. The predicted octanol–water partition coefficient (Wildman–Crippen LogP) is 3.56. The molecule has 4 bridgehead atoms. The molecular formula is C34H37N5O7. The molecule has 3 aliphatic heterocycles. The quantitative estimate of drug-likeness (QED) is 0.220. The van der Waals surface area contributed by atoms with Gasteiger partial charge in [-0.3, -0.25) is 9.59 Å². The zero-order chi connectivity index (χ0) is 32.5. The van der Waals surface area contributed by atoms with Crippen molar-refractivity contribution in [2.75, 3.05) is 5.32 Å². The summed E-state index contributed by atoms with van der Waals surface area (Å²) in [4.78, 5) is 36.6. The first-order valence-electron chi connectivity index (χ1n) is 15.4. The molecule has 0 saturated carbocycles. The lowest BCUT2D eigenvalue weighted by atomic mass is 9.72. The van der Waals surface area contributed by atoms with Crippen LogP contribution in [-0.2, 0) is 28.0 Å². The number of benzene rings is 2. The highest BCUT2D eigenvalue weighted by atomic mass is 16.5. The van der Waals surface area contributed by atoms with Crippen molar-refractivity contribution in [2.24, 2.45) is 11.3 Å². The molecule has 2 aromatic carbocycles. The molecule has 0 fully saturated rings. The number of nitrogens with one attached hydrogen (secondary N) is 3. The average molecular weight is 628 g/mol. The van der Waals surface area contributed by atoms with Gasteiger partial charge in [0.1, 0.15) is 41.3 Å². The van der Waals surface area contributed by atoms with Crippen molar-refractivity contribution >= 4 is 17.5 Å². The van der Waals surface area contributed by atoms with Gasteiger partial charge in [0.2, 0.25) is 23.6 Å². The van der Waals surface area contributed by atoms with Crippen LogP contribution in [-0.4, -0.2) is 50.4 Å². The van der Waals surface area contributed by atoms with E-state index in [9.17, 15) is 19.8 Å². The number of amides is 2. The lowest BCUT2D eigenvalue weighted by Gasteiger charge is -2.32. The third kappa shape index (κ3) is 4.58. The average Bonchev–Trinajstić information content (AvgIpc) is 3.78. The lowest BCUT2D eigenvalue weighted by Crippen LogP contribution is -2.53. The van der Waals surface area contributed by atoms with Gasteiger partial charge in [-0.15, -0.1) is 0 Å². The standard InChI is InChI=1S/C34H37N5O7/c1-16(2)25(41)29(43)36-22-13-17-10-11-23-20(12-17)34(19-8-6-7-9-21(19)37-32(34)45-23)27-24(30-35-18(14-40)15-44-30)38-31(46-27)26(33(3,4)5)39-28(22)42/h6-12,15-16,22,25-26,32,37,40-41H,13-14H2,1-5H3,(H,36,43)(H,39,42). The van der Waals surface area contributed by atoms with Crippen LogP contribution < -0.4 is 20.7 Å². The topological polar surface area (TPSA) is 172 Å². The van der Waals surface area contributed by atoms with Crippen LogP contribution in [0.4, 0.5) is 5.69 Å². The zero-order valence-corrected chi connectivity index (χ0v) is 26.2. The number of hydrogen-bond acceptors (Lipinski definition) is 10. The summed E-state index contributed by atoms with van der Waals surface area (Å²) in [6, 6.07) is 11.8. The number of aromatic nitrogens is 2. The van der Waals surface area contributed by atoms with E-state index in [-0.39, 0.29) is 30.7 Å². The number of rotatable bonds is 5. The Morgan fingerprint density at radius 1 is 1.13 bits per heavy atom. The second kappa shape index (κ2) is 10.7. The second-order valence-electron chi connectivity index (χ2n) is 13.6. The fourth-order valence-corrected chi connectivity index (χ4v) is 6.61. The van der Waals surface area contributed by atoms with Crippen LogP contribution in [0.1, 0.15) is 74.7 Å². The Kier molecular flexibility index (Phi) is 6.98. The Bertz CT molecular complexity index is 1840. The molecule has 3 aliphatic rings. The van der Waals surface area contributed by atoms with Gasteiger partial charge in [-0.1, -0.05) is 65.0 Å². The summed E-state index contributed by atoms with van der Waals surface area (Å²) >= 11 is 0. The molecule has 7 rings (SSSR count). The Labute approximate surface area is 265 Å². The first-order valence-corrected chi connectivity index (χ1v) is 15.4. The van der Waals surface area contributed by atoms with Crippen molar-refractivity contribution in [3.63, 3.8) is 0 Å². The molecule has 4 aromatic rings. The number of carbonyl (C=O) groups is 2. The molecule has 0 radical (unpaired) electrons. The molecule has 0 saturated heterocycles. The van der Waals surface area contributed by atoms with Crippen LogP contribution in [0.2, 0.25) is 0 Å². The van der Waals surface area contributed by atoms with Crippen LogP contribution in [0.3, 0.4) is 0 Å². The summed E-state index contributed by atoms with van der Waals surface area (Å²) < 4.78 is 19.2. The normalized spacial score (nSPS) is 23.7. The van der Waals surface area contributed by atoms with E-state index in [0.717, 1.165) is 22.4 Å². The molecule has 0 aliphatic carbocycles. The Morgan fingerprint density at radius 3 is 2.63 bits per heavy atom. The van der Waals surface area contributed by atoms with E-state index in [0.29, 0.717) is 22.9 Å². The number of oxazole rings is 2. The number of carbonyl (C=O) groups excluding carboxylic acids is 2. The van der Waals surface area contributed by atoms with E-state index in [1.54, 1.807) is 13.8 Å².